The van der Waals surface area contributed by atoms with Crippen LogP contribution in [0.25, 0.3) is 11.1 Å². The highest BCUT2D eigenvalue weighted by Gasteiger charge is 2.13. The van der Waals surface area contributed by atoms with E-state index in [-0.39, 0.29) is 0 Å². The number of nitrogens with two attached hydrogens (primary N) is 1. The zero-order chi connectivity index (χ0) is 11.8. The molecule has 0 fully saturated rings. The molecule has 2 aromatic rings. The van der Waals surface area contributed by atoms with Crippen LogP contribution in [0.5, 0.6) is 0 Å². The van der Waals surface area contributed by atoms with Crippen molar-refractivity contribution in [2.24, 2.45) is 7.05 Å². The van der Waals surface area contributed by atoms with Crippen molar-refractivity contribution >= 4 is 5.82 Å². The van der Waals surface area contributed by atoms with Crippen LogP contribution >= 0.6 is 0 Å². The SMILES string of the molecule is Cn1ncc(-c2ccc3c(c2)COCC3)c1N. The second-order valence-electron chi connectivity index (χ2n) is 4.35. The molecule has 0 spiro atoms. The van der Waals surface area contributed by atoms with E-state index >= 15 is 0 Å². The lowest BCUT2D eigenvalue weighted by atomic mass is 9.98. The number of hydrogen-bond donors (Lipinski definition) is 1. The number of benzene rings is 1. The van der Waals surface area contributed by atoms with Crippen LogP contribution in [0.1, 0.15) is 11.1 Å². The maximum Gasteiger partial charge on any atom is 0.129 e. The van der Waals surface area contributed by atoms with Gasteiger partial charge in [-0.05, 0) is 29.2 Å². The van der Waals surface area contributed by atoms with Gasteiger partial charge in [0, 0.05) is 12.6 Å². The van der Waals surface area contributed by atoms with E-state index in [0.29, 0.717) is 12.4 Å². The number of ether oxygens (including phenoxy) is 1. The first-order valence-electron chi connectivity index (χ1n) is 5.73. The molecule has 0 radical (unpaired) electrons. The summed E-state index contributed by atoms with van der Waals surface area (Å²) in [6.07, 6.45) is 2.80. The smallest absolute Gasteiger partial charge is 0.129 e. The predicted octanol–water partition coefficient (Wildman–Crippen LogP) is 1.74. The topological polar surface area (TPSA) is 53.1 Å². The van der Waals surface area contributed by atoms with Crippen LogP contribution in [0.3, 0.4) is 0 Å². The Hall–Kier alpha value is -1.81. The quantitative estimate of drug-likeness (QED) is 0.810. The number of nitrogens with zero attached hydrogens (tertiary/aromatic N) is 2. The number of rotatable bonds is 1. The number of nitrogen functional groups attached to an aromatic ring is 1. The van der Waals surface area contributed by atoms with E-state index in [1.807, 2.05) is 7.05 Å². The van der Waals surface area contributed by atoms with E-state index in [2.05, 4.69) is 23.3 Å². The molecule has 1 aromatic carbocycles. The molecule has 3 rings (SSSR count). The van der Waals surface area contributed by atoms with Gasteiger partial charge in [0.15, 0.2) is 0 Å². The molecule has 88 valence electrons. The maximum atomic E-state index is 5.98. The van der Waals surface area contributed by atoms with Gasteiger partial charge in [-0.1, -0.05) is 12.1 Å². The van der Waals surface area contributed by atoms with Crippen molar-refractivity contribution in [1.82, 2.24) is 9.78 Å². The fourth-order valence-corrected chi connectivity index (χ4v) is 2.21. The first-order chi connectivity index (χ1) is 8.25. The third-order valence-corrected chi connectivity index (χ3v) is 3.28. The predicted molar refractivity (Wildman–Crippen MR) is 66.4 cm³/mol. The molecule has 0 aliphatic carbocycles. The van der Waals surface area contributed by atoms with E-state index in [9.17, 15) is 0 Å². The second-order valence-corrected chi connectivity index (χ2v) is 4.35. The van der Waals surface area contributed by atoms with Crippen molar-refractivity contribution in [1.29, 1.82) is 0 Å². The largest absolute Gasteiger partial charge is 0.383 e. The van der Waals surface area contributed by atoms with E-state index in [1.54, 1.807) is 10.9 Å². The van der Waals surface area contributed by atoms with Gasteiger partial charge in [-0.15, -0.1) is 0 Å². The normalized spacial score (nSPS) is 14.6. The summed E-state index contributed by atoms with van der Waals surface area (Å²) in [6, 6.07) is 6.43. The van der Waals surface area contributed by atoms with Crippen molar-refractivity contribution in [3.05, 3.63) is 35.5 Å². The molecule has 17 heavy (non-hydrogen) atoms. The molecule has 0 atom stereocenters. The van der Waals surface area contributed by atoms with Gasteiger partial charge in [0.25, 0.3) is 0 Å². The van der Waals surface area contributed by atoms with Crippen LogP contribution in [0.2, 0.25) is 0 Å². The molecule has 2 heterocycles. The molecule has 0 saturated carbocycles. The highest BCUT2D eigenvalue weighted by atomic mass is 16.5. The third-order valence-electron chi connectivity index (χ3n) is 3.28. The molecule has 4 heteroatoms. The minimum absolute atomic E-state index is 0.696. The Morgan fingerprint density at radius 1 is 1.35 bits per heavy atom. The molecular formula is C13H15N3O. The summed E-state index contributed by atoms with van der Waals surface area (Å²) in [7, 11) is 1.85. The fourth-order valence-electron chi connectivity index (χ4n) is 2.21. The third kappa shape index (κ3) is 1.70. The Morgan fingerprint density at radius 2 is 2.24 bits per heavy atom. The van der Waals surface area contributed by atoms with E-state index in [0.717, 1.165) is 24.2 Å². The molecule has 4 nitrogen and oxygen atoms in total. The summed E-state index contributed by atoms with van der Waals surface area (Å²) in [5.41, 5.74) is 10.7. The standard InChI is InChI=1S/C13H15N3O/c1-16-13(14)12(7-15-16)10-3-2-9-4-5-17-8-11(9)6-10/h2-3,6-7H,4-5,8,14H2,1H3. The Morgan fingerprint density at radius 3 is 3.00 bits per heavy atom. The summed E-state index contributed by atoms with van der Waals surface area (Å²) >= 11 is 0. The number of aromatic nitrogens is 2. The van der Waals surface area contributed by atoms with E-state index in [4.69, 9.17) is 10.5 Å². The van der Waals surface area contributed by atoms with Crippen molar-refractivity contribution in [3.63, 3.8) is 0 Å². The summed E-state index contributed by atoms with van der Waals surface area (Å²) in [4.78, 5) is 0. The Labute approximate surface area is 100 Å². The summed E-state index contributed by atoms with van der Waals surface area (Å²) in [6.45, 7) is 1.52. The van der Waals surface area contributed by atoms with Crippen LogP contribution < -0.4 is 5.73 Å². The van der Waals surface area contributed by atoms with Gasteiger partial charge in [0.05, 0.1) is 19.4 Å². The average molecular weight is 229 g/mol. The summed E-state index contributed by atoms with van der Waals surface area (Å²) < 4.78 is 7.16. The number of hydrogen-bond acceptors (Lipinski definition) is 3. The maximum absolute atomic E-state index is 5.98. The molecule has 2 N–H and O–H groups in total. The monoisotopic (exact) mass is 229 g/mol. The molecule has 0 amide bonds. The van der Waals surface area contributed by atoms with Gasteiger partial charge in [0.1, 0.15) is 5.82 Å². The van der Waals surface area contributed by atoms with Gasteiger partial charge < -0.3 is 10.5 Å². The zero-order valence-electron chi connectivity index (χ0n) is 9.81. The van der Waals surface area contributed by atoms with Gasteiger partial charge in [-0.2, -0.15) is 5.10 Å². The second kappa shape index (κ2) is 3.89. The molecule has 1 aromatic heterocycles. The van der Waals surface area contributed by atoms with E-state index < -0.39 is 0 Å². The van der Waals surface area contributed by atoms with Crippen molar-refractivity contribution < 1.29 is 4.74 Å². The molecule has 0 saturated heterocycles. The van der Waals surface area contributed by atoms with Gasteiger partial charge in [-0.25, -0.2) is 0 Å². The molecule has 0 bridgehead atoms. The zero-order valence-corrected chi connectivity index (χ0v) is 9.81. The summed E-state index contributed by atoms with van der Waals surface area (Å²) in [5, 5.41) is 4.17. The van der Waals surface area contributed by atoms with Crippen LogP contribution in [-0.2, 0) is 24.8 Å². The Balaban J connectivity index is 2.07. The lowest BCUT2D eigenvalue weighted by Gasteiger charge is -2.17. The summed E-state index contributed by atoms with van der Waals surface area (Å²) in [5.74, 6) is 0.696. The first kappa shape index (κ1) is 10.4. The molecule has 1 aliphatic heterocycles. The number of anilines is 1. The van der Waals surface area contributed by atoms with E-state index in [1.165, 1.54) is 11.1 Å². The van der Waals surface area contributed by atoms with Crippen molar-refractivity contribution in [3.8, 4) is 11.1 Å². The van der Waals surface area contributed by atoms with Gasteiger partial charge in [0.2, 0.25) is 0 Å². The fraction of sp³-hybridized carbons (Fsp3) is 0.308. The highest BCUT2D eigenvalue weighted by Crippen LogP contribution is 2.28. The average Bonchev–Trinajstić information content (AvgIpc) is 2.70. The van der Waals surface area contributed by atoms with Crippen molar-refractivity contribution in [2.75, 3.05) is 12.3 Å². The van der Waals surface area contributed by atoms with Gasteiger partial charge in [-0.3, -0.25) is 4.68 Å². The molecule has 0 unspecified atom stereocenters. The minimum atomic E-state index is 0.696. The lowest BCUT2D eigenvalue weighted by Crippen LogP contribution is -2.09. The van der Waals surface area contributed by atoms with Crippen LogP contribution in [0.15, 0.2) is 24.4 Å². The number of aryl methyl sites for hydroxylation is 1. The van der Waals surface area contributed by atoms with Crippen LogP contribution in [0.4, 0.5) is 5.82 Å². The Bertz CT molecular complexity index is 560. The first-order valence-corrected chi connectivity index (χ1v) is 5.73. The minimum Gasteiger partial charge on any atom is -0.383 e. The van der Waals surface area contributed by atoms with Crippen LogP contribution in [-0.4, -0.2) is 16.4 Å². The molecule has 1 aliphatic rings. The van der Waals surface area contributed by atoms with Crippen LogP contribution in [0, 0.1) is 0 Å². The Kier molecular flexibility index (Phi) is 2.37. The molecular weight excluding hydrogens is 214 g/mol. The highest BCUT2D eigenvalue weighted by molar-refractivity contribution is 5.74. The lowest BCUT2D eigenvalue weighted by molar-refractivity contribution is 0.111. The van der Waals surface area contributed by atoms with Crippen molar-refractivity contribution in [2.45, 2.75) is 13.0 Å². The number of fused-ring (bicyclic) bond motifs is 1. The van der Waals surface area contributed by atoms with Gasteiger partial charge >= 0.3 is 0 Å².